The fourth-order valence-corrected chi connectivity index (χ4v) is 2.05. The van der Waals surface area contributed by atoms with E-state index < -0.39 is 16.2 Å². The van der Waals surface area contributed by atoms with Crippen LogP contribution in [0, 0.1) is 0 Å². The zero-order valence-electron chi connectivity index (χ0n) is 9.50. The van der Waals surface area contributed by atoms with Gasteiger partial charge in [-0.3, -0.25) is 9.52 Å². The molecule has 0 fully saturated rings. The Labute approximate surface area is 110 Å². The van der Waals surface area contributed by atoms with Gasteiger partial charge < -0.3 is 5.11 Å². The summed E-state index contributed by atoms with van der Waals surface area (Å²) >= 11 is 5.57. The van der Waals surface area contributed by atoms with Crippen LogP contribution in [0.3, 0.4) is 0 Å². The summed E-state index contributed by atoms with van der Waals surface area (Å²) in [5.74, 6) is -1.06. The molecule has 0 bridgehead atoms. The molecule has 0 aliphatic rings. The Balaban J connectivity index is 2.69. The number of hydrogen-bond acceptors (Lipinski definition) is 4. The summed E-state index contributed by atoms with van der Waals surface area (Å²) in [4.78, 5) is 14.1. The van der Waals surface area contributed by atoms with Crippen LogP contribution < -0.4 is 4.72 Å². The number of aliphatic carboxylic acids is 1. The Bertz CT molecular complexity index is 517. The highest BCUT2D eigenvalue weighted by atomic mass is 35.5. The topological polar surface area (TPSA) is 99.6 Å². The quantitative estimate of drug-likeness (QED) is 0.756. The van der Waals surface area contributed by atoms with E-state index in [-0.39, 0.29) is 23.8 Å². The maximum Gasteiger partial charge on any atom is 0.304 e. The molecule has 1 aromatic rings. The fraction of sp³-hybridized carbons (Fsp3) is 0.333. The van der Waals surface area contributed by atoms with Crippen LogP contribution in [-0.4, -0.2) is 42.4 Å². The van der Waals surface area contributed by atoms with Gasteiger partial charge in [0.2, 0.25) is 0 Å². The van der Waals surface area contributed by atoms with Gasteiger partial charge in [-0.1, -0.05) is 11.6 Å². The second-order valence-electron chi connectivity index (χ2n) is 3.44. The molecule has 0 amide bonds. The molecule has 0 atom stereocenters. The monoisotopic (exact) mass is 293 g/mol. The summed E-state index contributed by atoms with van der Waals surface area (Å²) in [5.41, 5.74) is 0.251. The van der Waals surface area contributed by atoms with Gasteiger partial charge in [0.05, 0.1) is 18.3 Å². The van der Waals surface area contributed by atoms with Gasteiger partial charge in [-0.05, 0) is 12.1 Å². The lowest BCUT2D eigenvalue weighted by molar-refractivity contribution is -0.137. The zero-order chi connectivity index (χ0) is 13.8. The minimum Gasteiger partial charge on any atom is -0.481 e. The first-order valence-electron chi connectivity index (χ1n) is 4.88. The Morgan fingerprint density at radius 2 is 2.22 bits per heavy atom. The Morgan fingerprint density at radius 3 is 2.72 bits per heavy atom. The Hall–Kier alpha value is -1.38. The van der Waals surface area contributed by atoms with Crippen LogP contribution in [0.1, 0.15) is 6.42 Å². The lowest BCUT2D eigenvalue weighted by Gasteiger charge is -2.17. The highest BCUT2D eigenvalue weighted by molar-refractivity contribution is 7.90. The number of carboxylic acid groups (broad SMARTS) is 1. The molecule has 1 heterocycles. The van der Waals surface area contributed by atoms with Gasteiger partial charge >= 0.3 is 16.2 Å². The maximum absolute atomic E-state index is 11.8. The van der Waals surface area contributed by atoms with Gasteiger partial charge in [-0.2, -0.15) is 12.7 Å². The van der Waals surface area contributed by atoms with Crippen molar-refractivity contribution in [3.8, 4) is 0 Å². The van der Waals surface area contributed by atoms with Crippen molar-refractivity contribution >= 4 is 33.5 Å². The minimum atomic E-state index is -3.78. The number of pyridine rings is 1. The fourth-order valence-electron chi connectivity index (χ4n) is 1.04. The van der Waals surface area contributed by atoms with Crippen LogP contribution in [0.4, 0.5) is 5.69 Å². The Morgan fingerprint density at radius 1 is 1.56 bits per heavy atom. The highest BCUT2D eigenvalue weighted by Gasteiger charge is 2.18. The molecule has 0 unspecified atom stereocenters. The van der Waals surface area contributed by atoms with Crippen molar-refractivity contribution in [3.63, 3.8) is 0 Å². The first-order chi connectivity index (χ1) is 8.31. The summed E-state index contributed by atoms with van der Waals surface area (Å²) in [6.45, 7) is -0.119. The molecule has 0 aliphatic heterocycles. The molecule has 0 saturated carbocycles. The second-order valence-corrected chi connectivity index (χ2v) is 5.61. The van der Waals surface area contributed by atoms with Crippen LogP contribution in [0.5, 0.6) is 0 Å². The SMILES string of the molecule is CN(CCC(=O)O)S(=O)(=O)Nc1ccc(Cl)nc1. The number of carboxylic acids is 1. The second kappa shape index (κ2) is 5.98. The molecule has 18 heavy (non-hydrogen) atoms. The predicted molar refractivity (Wildman–Crippen MR) is 66.7 cm³/mol. The summed E-state index contributed by atoms with van der Waals surface area (Å²) in [7, 11) is -2.50. The standard InChI is InChI=1S/C9H12ClN3O4S/c1-13(5-4-9(14)15)18(16,17)12-7-2-3-8(10)11-6-7/h2-3,6,12H,4-5H2,1H3,(H,14,15). The molecule has 9 heteroatoms. The molecule has 2 N–H and O–H groups in total. The van der Waals surface area contributed by atoms with Gasteiger partial charge in [-0.25, -0.2) is 4.98 Å². The smallest absolute Gasteiger partial charge is 0.304 e. The average Bonchev–Trinajstić information content (AvgIpc) is 2.28. The van der Waals surface area contributed by atoms with Crippen molar-refractivity contribution in [1.29, 1.82) is 0 Å². The van der Waals surface area contributed by atoms with Crippen molar-refractivity contribution in [2.45, 2.75) is 6.42 Å². The number of hydrogen-bond donors (Lipinski definition) is 2. The number of carbonyl (C=O) groups is 1. The molecule has 1 aromatic heterocycles. The number of aromatic nitrogens is 1. The van der Waals surface area contributed by atoms with Crippen LogP contribution >= 0.6 is 11.6 Å². The van der Waals surface area contributed by atoms with Crippen LogP contribution in [-0.2, 0) is 15.0 Å². The van der Waals surface area contributed by atoms with E-state index in [0.717, 1.165) is 4.31 Å². The summed E-state index contributed by atoms with van der Waals surface area (Å²) in [6, 6.07) is 2.90. The van der Waals surface area contributed by atoms with E-state index in [0.29, 0.717) is 0 Å². The third kappa shape index (κ3) is 4.47. The largest absolute Gasteiger partial charge is 0.481 e. The van der Waals surface area contributed by atoms with E-state index in [9.17, 15) is 13.2 Å². The summed E-state index contributed by atoms with van der Waals surface area (Å²) in [6.07, 6.45) is 1.00. The van der Waals surface area contributed by atoms with Gasteiger partial charge in [0.15, 0.2) is 0 Å². The van der Waals surface area contributed by atoms with Crippen molar-refractivity contribution in [1.82, 2.24) is 9.29 Å². The molecule has 0 saturated heterocycles. The maximum atomic E-state index is 11.8. The third-order valence-corrected chi connectivity index (χ3v) is 3.75. The zero-order valence-corrected chi connectivity index (χ0v) is 11.1. The van der Waals surface area contributed by atoms with E-state index >= 15 is 0 Å². The van der Waals surface area contributed by atoms with Gasteiger partial charge in [0.1, 0.15) is 5.15 Å². The highest BCUT2D eigenvalue weighted by Crippen LogP contribution is 2.12. The van der Waals surface area contributed by atoms with E-state index in [4.69, 9.17) is 16.7 Å². The molecular formula is C9H12ClN3O4S. The van der Waals surface area contributed by atoms with E-state index in [1.807, 2.05) is 0 Å². The van der Waals surface area contributed by atoms with Crippen LogP contribution in [0.15, 0.2) is 18.3 Å². The van der Waals surface area contributed by atoms with Crippen molar-refractivity contribution < 1.29 is 18.3 Å². The van der Waals surface area contributed by atoms with Gasteiger partial charge in [-0.15, -0.1) is 0 Å². The number of halogens is 1. The van der Waals surface area contributed by atoms with Crippen molar-refractivity contribution in [2.75, 3.05) is 18.3 Å². The molecule has 0 aromatic carbocycles. The number of nitrogens with one attached hydrogen (secondary N) is 1. The van der Waals surface area contributed by atoms with Crippen LogP contribution in [0.2, 0.25) is 5.15 Å². The minimum absolute atomic E-state index is 0.119. The molecular weight excluding hydrogens is 282 g/mol. The first kappa shape index (κ1) is 14.7. The van der Waals surface area contributed by atoms with E-state index in [1.54, 1.807) is 0 Å². The van der Waals surface area contributed by atoms with Crippen LogP contribution in [0.25, 0.3) is 0 Å². The summed E-state index contributed by atoms with van der Waals surface area (Å²) in [5, 5.41) is 8.73. The number of anilines is 1. The van der Waals surface area contributed by atoms with Gasteiger partial charge in [0, 0.05) is 13.6 Å². The average molecular weight is 294 g/mol. The van der Waals surface area contributed by atoms with Gasteiger partial charge in [0.25, 0.3) is 0 Å². The molecule has 0 spiro atoms. The molecule has 7 nitrogen and oxygen atoms in total. The van der Waals surface area contributed by atoms with Crippen molar-refractivity contribution in [3.05, 3.63) is 23.5 Å². The lowest BCUT2D eigenvalue weighted by atomic mass is 10.4. The Kier molecular flexibility index (Phi) is 4.88. The normalized spacial score (nSPS) is 11.5. The summed E-state index contributed by atoms with van der Waals surface area (Å²) < 4.78 is 26.7. The third-order valence-electron chi connectivity index (χ3n) is 2.03. The number of nitrogens with zero attached hydrogens (tertiary/aromatic N) is 2. The first-order valence-corrected chi connectivity index (χ1v) is 6.70. The molecule has 100 valence electrons. The lowest BCUT2D eigenvalue weighted by Crippen LogP contribution is -2.34. The van der Waals surface area contributed by atoms with Crippen molar-refractivity contribution in [2.24, 2.45) is 0 Å². The molecule has 0 radical (unpaired) electrons. The number of rotatable bonds is 6. The molecule has 0 aliphatic carbocycles. The molecule has 1 rings (SSSR count). The van der Waals surface area contributed by atoms with E-state index in [2.05, 4.69) is 9.71 Å². The van der Waals surface area contributed by atoms with E-state index in [1.165, 1.54) is 25.4 Å². The predicted octanol–water partition coefficient (Wildman–Crippen LogP) is 0.798.